The largest absolute Gasteiger partial charge is 0.494 e. The third-order valence-electron chi connectivity index (χ3n) is 5.03. The maximum absolute atomic E-state index is 13.9. The van der Waals surface area contributed by atoms with Crippen molar-refractivity contribution in [1.82, 2.24) is 10.2 Å². The summed E-state index contributed by atoms with van der Waals surface area (Å²) in [5, 5.41) is 12.6. The Labute approximate surface area is 162 Å². The first kappa shape index (κ1) is 19.8. The fourth-order valence-corrected chi connectivity index (χ4v) is 3.39. The standard InChI is InChI=1S/C21H23FN2O4/c1-28-19-8-7-15(11-17(19)22)21(27)24-10-9-16(13-25)18(12-24)23-20(26)14-5-3-2-4-6-14/h2-8,11,16,18,25H,9-10,12-13H2,1H3,(H,23,26)/t16-,18-/m1/s1. The number of piperidine rings is 1. The average Bonchev–Trinajstić information content (AvgIpc) is 2.73. The number of carbonyl (C=O) groups is 2. The number of likely N-dealkylation sites (tertiary alicyclic amines) is 1. The van der Waals surface area contributed by atoms with Crippen molar-refractivity contribution in [2.75, 3.05) is 26.8 Å². The number of aliphatic hydroxyl groups is 1. The van der Waals surface area contributed by atoms with E-state index in [0.717, 1.165) is 6.07 Å². The number of aliphatic hydroxyl groups excluding tert-OH is 1. The molecule has 2 aromatic carbocycles. The number of rotatable bonds is 5. The van der Waals surface area contributed by atoms with Gasteiger partial charge in [-0.2, -0.15) is 0 Å². The van der Waals surface area contributed by atoms with Crippen LogP contribution in [0.15, 0.2) is 48.5 Å². The molecule has 1 fully saturated rings. The van der Waals surface area contributed by atoms with Gasteiger partial charge in [0.25, 0.3) is 11.8 Å². The lowest BCUT2D eigenvalue weighted by Crippen LogP contribution is -2.55. The monoisotopic (exact) mass is 386 g/mol. The van der Waals surface area contributed by atoms with Gasteiger partial charge in [-0.25, -0.2) is 4.39 Å². The van der Waals surface area contributed by atoms with E-state index in [0.29, 0.717) is 18.5 Å². The highest BCUT2D eigenvalue weighted by Gasteiger charge is 2.32. The van der Waals surface area contributed by atoms with Crippen molar-refractivity contribution in [3.05, 3.63) is 65.5 Å². The molecule has 7 heteroatoms. The molecule has 2 aromatic rings. The van der Waals surface area contributed by atoms with Crippen molar-refractivity contribution in [3.63, 3.8) is 0 Å². The number of methoxy groups -OCH3 is 1. The summed E-state index contributed by atoms with van der Waals surface area (Å²) in [7, 11) is 1.36. The van der Waals surface area contributed by atoms with E-state index in [-0.39, 0.29) is 42.2 Å². The molecule has 1 saturated heterocycles. The molecular weight excluding hydrogens is 363 g/mol. The average molecular weight is 386 g/mol. The number of amides is 2. The molecule has 0 aliphatic carbocycles. The number of halogens is 1. The topological polar surface area (TPSA) is 78.9 Å². The fourth-order valence-electron chi connectivity index (χ4n) is 3.39. The zero-order valence-corrected chi connectivity index (χ0v) is 15.6. The first-order valence-electron chi connectivity index (χ1n) is 9.13. The molecule has 28 heavy (non-hydrogen) atoms. The van der Waals surface area contributed by atoms with Crippen LogP contribution >= 0.6 is 0 Å². The maximum Gasteiger partial charge on any atom is 0.254 e. The number of benzene rings is 2. The fraction of sp³-hybridized carbons (Fsp3) is 0.333. The van der Waals surface area contributed by atoms with E-state index in [1.54, 1.807) is 29.2 Å². The minimum Gasteiger partial charge on any atom is -0.494 e. The Morgan fingerprint density at radius 3 is 2.61 bits per heavy atom. The molecule has 0 saturated carbocycles. The molecule has 3 rings (SSSR count). The van der Waals surface area contributed by atoms with E-state index >= 15 is 0 Å². The normalized spacial score (nSPS) is 19.2. The Morgan fingerprint density at radius 1 is 1.21 bits per heavy atom. The summed E-state index contributed by atoms with van der Waals surface area (Å²) in [6.07, 6.45) is 0.542. The Morgan fingerprint density at radius 2 is 1.96 bits per heavy atom. The Bertz CT molecular complexity index is 844. The van der Waals surface area contributed by atoms with Crippen LogP contribution in [0.2, 0.25) is 0 Å². The van der Waals surface area contributed by atoms with Crippen LogP contribution in [0, 0.1) is 11.7 Å². The summed E-state index contributed by atoms with van der Waals surface area (Å²) in [5.41, 5.74) is 0.730. The predicted octanol–water partition coefficient (Wildman–Crippen LogP) is 2.09. The van der Waals surface area contributed by atoms with E-state index in [1.807, 2.05) is 6.07 Å². The van der Waals surface area contributed by atoms with Gasteiger partial charge in [-0.05, 0) is 36.8 Å². The Kier molecular flexibility index (Phi) is 6.26. The van der Waals surface area contributed by atoms with Crippen LogP contribution in [-0.4, -0.2) is 54.7 Å². The lowest BCUT2D eigenvalue weighted by atomic mass is 9.91. The minimum atomic E-state index is -0.604. The van der Waals surface area contributed by atoms with Gasteiger partial charge in [-0.15, -0.1) is 0 Å². The van der Waals surface area contributed by atoms with Crippen LogP contribution in [-0.2, 0) is 0 Å². The van der Waals surface area contributed by atoms with E-state index in [1.165, 1.54) is 19.2 Å². The number of ether oxygens (including phenoxy) is 1. The summed E-state index contributed by atoms with van der Waals surface area (Å²) >= 11 is 0. The zero-order chi connectivity index (χ0) is 20.1. The third kappa shape index (κ3) is 4.31. The van der Waals surface area contributed by atoms with Crippen molar-refractivity contribution in [3.8, 4) is 5.75 Å². The molecule has 2 amide bonds. The zero-order valence-electron chi connectivity index (χ0n) is 15.6. The summed E-state index contributed by atoms with van der Waals surface area (Å²) in [6.45, 7) is 0.588. The van der Waals surface area contributed by atoms with Crippen molar-refractivity contribution in [2.45, 2.75) is 12.5 Å². The summed E-state index contributed by atoms with van der Waals surface area (Å²) in [5.74, 6) is -1.26. The van der Waals surface area contributed by atoms with Crippen molar-refractivity contribution in [1.29, 1.82) is 0 Å². The lowest BCUT2D eigenvalue weighted by molar-refractivity contribution is 0.0541. The van der Waals surface area contributed by atoms with Gasteiger partial charge in [0.05, 0.1) is 13.2 Å². The van der Waals surface area contributed by atoms with Crippen LogP contribution in [0.25, 0.3) is 0 Å². The van der Waals surface area contributed by atoms with Crippen molar-refractivity contribution in [2.24, 2.45) is 5.92 Å². The number of nitrogens with one attached hydrogen (secondary N) is 1. The summed E-state index contributed by atoms with van der Waals surface area (Å²) < 4.78 is 18.8. The molecule has 0 spiro atoms. The highest BCUT2D eigenvalue weighted by molar-refractivity contribution is 5.95. The molecule has 1 aliphatic heterocycles. The smallest absolute Gasteiger partial charge is 0.254 e. The van der Waals surface area contributed by atoms with E-state index in [2.05, 4.69) is 5.32 Å². The van der Waals surface area contributed by atoms with Crippen molar-refractivity contribution < 1.29 is 23.8 Å². The third-order valence-corrected chi connectivity index (χ3v) is 5.03. The highest BCUT2D eigenvalue weighted by atomic mass is 19.1. The van der Waals surface area contributed by atoms with Crippen LogP contribution in [0.1, 0.15) is 27.1 Å². The number of carbonyl (C=O) groups excluding carboxylic acids is 2. The first-order valence-corrected chi connectivity index (χ1v) is 9.13. The van der Waals surface area contributed by atoms with Gasteiger partial charge in [0.1, 0.15) is 0 Å². The second kappa shape index (κ2) is 8.84. The van der Waals surface area contributed by atoms with Gasteiger partial charge in [0.15, 0.2) is 11.6 Å². The molecule has 2 atom stereocenters. The molecule has 0 aromatic heterocycles. The molecule has 2 N–H and O–H groups in total. The number of hydrogen-bond acceptors (Lipinski definition) is 4. The number of nitrogens with zero attached hydrogens (tertiary/aromatic N) is 1. The Hall–Kier alpha value is -2.93. The first-order chi connectivity index (χ1) is 13.5. The lowest BCUT2D eigenvalue weighted by Gasteiger charge is -2.38. The summed E-state index contributed by atoms with van der Waals surface area (Å²) in [6, 6.07) is 12.5. The molecule has 0 radical (unpaired) electrons. The second-order valence-corrected chi connectivity index (χ2v) is 6.78. The molecule has 6 nitrogen and oxygen atoms in total. The van der Waals surface area contributed by atoms with E-state index < -0.39 is 11.9 Å². The molecule has 1 aliphatic rings. The van der Waals surface area contributed by atoms with E-state index in [4.69, 9.17) is 4.74 Å². The highest BCUT2D eigenvalue weighted by Crippen LogP contribution is 2.22. The summed E-state index contributed by atoms with van der Waals surface area (Å²) in [4.78, 5) is 26.8. The van der Waals surface area contributed by atoms with Gasteiger partial charge in [-0.3, -0.25) is 9.59 Å². The van der Waals surface area contributed by atoms with Gasteiger partial charge in [0, 0.05) is 36.7 Å². The van der Waals surface area contributed by atoms with Gasteiger partial charge in [0.2, 0.25) is 0 Å². The molecule has 148 valence electrons. The molecule has 0 unspecified atom stereocenters. The minimum absolute atomic E-state index is 0.0727. The quantitative estimate of drug-likeness (QED) is 0.825. The maximum atomic E-state index is 13.9. The van der Waals surface area contributed by atoms with Gasteiger partial charge in [-0.1, -0.05) is 18.2 Å². The van der Waals surface area contributed by atoms with Gasteiger partial charge < -0.3 is 20.1 Å². The van der Waals surface area contributed by atoms with Crippen LogP contribution in [0.4, 0.5) is 4.39 Å². The van der Waals surface area contributed by atoms with Crippen LogP contribution in [0.3, 0.4) is 0 Å². The predicted molar refractivity (Wildman–Crippen MR) is 102 cm³/mol. The number of hydrogen-bond donors (Lipinski definition) is 2. The SMILES string of the molecule is COc1ccc(C(=O)N2CC[C@H](CO)[C@H](NC(=O)c3ccccc3)C2)cc1F. The molecule has 1 heterocycles. The van der Waals surface area contributed by atoms with Crippen LogP contribution in [0.5, 0.6) is 5.75 Å². The molecular formula is C21H23FN2O4. The second-order valence-electron chi connectivity index (χ2n) is 6.78. The Balaban J connectivity index is 1.72. The van der Waals surface area contributed by atoms with Crippen LogP contribution < -0.4 is 10.1 Å². The molecule has 0 bridgehead atoms. The van der Waals surface area contributed by atoms with Crippen molar-refractivity contribution >= 4 is 11.8 Å². The van der Waals surface area contributed by atoms with E-state index in [9.17, 15) is 19.1 Å². The van der Waals surface area contributed by atoms with Gasteiger partial charge >= 0.3 is 0 Å².